The maximum Gasteiger partial charge on any atom is 0.262 e. The summed E-state index contributed by atoms with van der Waals surface area (Å²) in [5, 5.41) is 8.86. The van der Waals surface area contributed by atoms with Crippen LogP contribution in [-0.2, 0) is 10.0 Å². The molecule has 0 saturated heterocycles. The minimum absolute atomic E-state index is 0.0203. The second kappa shape index (κ2) is 5.90. The predicted octanol–water partition coefficient (Wildman–Crippen LogP) is 3.37. The normalized spacial score (nSPS) is 11.0. The largest absolute Gasteiger partial charge is 0.276 e. The van der Waals surface area contributed by atoms with Gasteiger partial charge in [0.15, 0.2) is 5.15 Å². The highest BCUT2D eigenvalue weighted by Gasteiger charge is 2.18. The molecular weight excluding hydrogens is 333 g/mol. The number of hydrogen-bond acceptors (Lipinski definition) is 4. The summed E-state index contributed by atoms with van der Waals surface area (Å²) in [5.41, 5.74) is 1.10. The summed E-state index contributed by atoms with van der Waals surface area (Å²) in [6.07, 6.45) is 0. The van der Waals surface area contributed by atoms with Crippen LogP contribution in [-0.4, -0.2) is 13.4 Å². The summed E-state index contributed by atoms with van der Waals surface area (Å²) in [4.78, 5) is 3.82. The molecular formula is C13H9Cl2N3O2S. The van der Waals surface area contributed by atoms with E-state index in [0.717, 1.165) is 0 Å². The summed E-state index contributed by atoms with van der Waals surface area (Å²) in [6, 6.07) is 8.94. The van der Waals surface area contributed by atoms with E-state index in [9.17, 15) is 8.42 Å². The summed E-state index contributed by atoms with van der Waals surface area (Å²) in [5.74, 6) is 0. The van der Waals surface area contributed by atoms with Crippen LogP contribution in [0.25, 0.3) is 0 Å². The van der Waals surface area contributed by atoms with E-state index in [-0.39, 0.29) is 20.9 Å². The third-order valence-corrected chi connectivity index (χ3v) is 4.50. The molecule has 0 bridgehead atoms. The SMILES string of the molecule is Cc1cc(Cl)nc(Cl)c1NS(=O)(=O)c1ccc(C#N)cc1. The van der Waals surface area contributed by atoms with Gasteiger partial charge in [-0.15, -0.1) is 0 Å². The van der Waals surface area contributed by atoms with Crippen LogP contribution in [0.3, 0.4) is 0 Å². The van der Waals surface area contributed by atoms with Crippen LogP contribution in [0.5, 0.6) is 0 Å². The van der Waals surface area contributed by atoms with Crippen LogP contribution in [0.1, 0.15) is 11.1 Å². The van der Waals surface area contributed by atoms with Gasteiger partial charge in [-0.1, -0.05) is 23.2 Å². The standard InChI is InChI=1S/C13H9Cl2N3O2S/c1-8-6-11(14)17-13(15)12(8)18-21(19,20)10-4-2-9(7-16)3-5-10/h2-6,18H,1H3. The summed E-state index contributed by atoms with van der Waals surface area (Å²) in [6.45, 7) is 1.66. The highest BCUT2D eigenvalue weighted by atomic mass is 35.5. The van der Waals surface area contributed by atoms with E-state index in [1.165, 1.54) is 30.3 Å². The molecule has 0 fully saturated rings. The number of rotatable bonds is 3. The maximum absolute atomic E-state index is 12.3. The Bertz CT molecular complexity index is 804. The Morgan fingerprint density at radius 3 is 2.38 bits per heavy atom. The van der Waals surface area contributed by atoms with Gasteiger partial charge in [-0.3, -0.25) is 4.72 Å². The Morgan fingerprint density at radius 2 is 1.86 bits per heavy atom. The molecule has 1 N–H and O–H groups in total. The van der Waals surface area contributed by atoms with Crippen molar-refractivity contribution in [3.05, 3.63) is 51.8 Å². The van der Waals surface area contributed by atoms with Gasteiger partial charge in [-0.25, -0.2) is 13.4 Å². The molecule has 0 aliphatic carbocycles. The third-order valence-electron chi connectivity index (χ3n) is 2.67. The lowest BCUT2D eigenvalue weighted by molar-refractivity contribution is 0.601. The molecule has 1 aromatic carbocycles. The molecule has 8 heteroatoms. The molecule has 0 amide bonds. The number of aromatic nitrogens is 1. The number of anilines is 1. The highest BCUT2D eigenvalue weighted by Crippen LogP contribution is 2.28. The van der Waals surface area contributed by atoms with Gasteiger partial charge >= 0.3 is 0 Å². The number of nitriles is 1. The van der Waals surface area contributed by atoms with Crippen molar-refractivity contribution >= 4 is 38.9 Å². The van der Waals surface area contributed by atoms with E-state index in [1.807, 2.05) is 6.07 Å². The minimum Gasteiger partial charge on any atom is -0.276 e. The fourth-order valence-corrected chi connectivity index (χ4v) is 3.39. The van der Waals surface area contributed by atoms with Crippen LogP contribution in [0.2, 0.25) is 10.3 Å². The number of nitrogens with zero attached hydrogens (tertiary/aromatic N) is 2. The second-order valence-electron chi connectivity index (χ2n) is 4.17. The molecule has 2 aromatic rings. The molecule has 0 saturated carbocycles. The maximum atomic E-state index is 12.3. The van der Waals surface area contributed by atoms with E-state index in [1.54, 1.807) is 6.92 Å². The van der Waals surface area contributed by atoms with Crippen molar-refractivity contribution in [3.63, 3.8) is 0 Å². The lowest BCUT2D eigenvalue weighted by Gasteiger charge is -2.12. The van der Waals surface area contributed by atoms with Crippen molar-refractivity contribution in [2.75, 3.05) is 4.72 Å². The zero-order valence-corrected chi connectivity index (χ0v) is 13.1. The molecule has 0 aliphatic heterocycles. The second-order valence-corrected chi connectivity index (χ2v) is 6.60. The quantitative estimate of drug-likeness (QED) is 0.867. The van der Waals surface area contributed by atoms with Crippen LogP contribution in [0, 0.1) is 18.3 Å². The van der Waals surface area contributed by atoms with E-state index in [0.29, 0.717) is 11.1 Å². The van der Waals surface area contributed by atoms with Crippen molar-refractivity contribution in [2.24, 2.45) is 0 Å². The molecule has 1 heterocycles. The van der Waals surface area contributed by atoms with Gasteiger partial charge in [-0.05, 0) is 42.8 Å². The summed E-state index contributed by atoms with van der Waals surface area (Å²) >= 11 is 11.7. The Hall–Kier alpha value is -1.81. The van der Waals surface area contributed by atoms with Crippen LogP contribution < -0.4 is 4.72 Å². The van der Waals surface area contributed by atoms with Crippen molar-refractivity contribution < 1.29 is 8.42 Å². The molecule has 0 spiro atoms. The zero-order valence-electron chi connectivity index (χ0n) is 10.8. The van der Waals surface area contributed by atoms with Gasteiger partial charge in [-0.2, -0.15) is 5.26 Å². The predicted molar refractivity (Wildman–Crippen MR) is 81.0 cm³/mol. The number of pyridine rings is 1. The third kappa shape index (κ3) is 3.45. The van der Waals surface area contributed by atoms with Gasteiger partial charge in [0.05, 0.1) is 22.2 Å². The fourth-order valence-electron chi connectivity index (χ4n) is 1.62. The van der Waals surface area contributed by atoms with E-state index in [4.69, 9.17) is 28.5 Å². The number of hydrogen-bond donors (Lipinski definition) is 1. The molecule has 0 aliphatic rings. The van der Waals surface area contributed by atoms with Crippen LogP contribution in [0.15, 0.2) is 35.2 Å². The average molecular weight is 342 g/mol. The Labute approximate surface area is 132 Å². The monoisotopic (exact) mass is 341 g/mol. The molecule has 108 valence electrons. The number of aryl methyl sites for hydroxylation is 1. The Morgan fingerprint density at radius 1 is 1.24 bits per heavy atom. The van der Waals surface area contributed by atoms with Crippen molar-refractivity contribution in [3.8, 4) is 6.07 Å². The van der Waals surface area contributed by atoms with E-state index >= 15 is 0 Å². The molecule has 0 atom stereocenters. The zero-order chi connectivity index (χ0) is 15.6. The number of benzene rings is 1. The summed E-state index contributed by atoms with van der Waals surface area (Å²) in [7, 11) is -3.82. The fraction of sp³-hybridized carbons (Fsp3) is 0.0769. The first-order valence-electron chi connectivity index (χ1n) is 5.69. The number of sulfonamides is 1. The molecule has 2 rings (SSSR count). The molecule has 1 aromatic heterocycles. The molecule has 0 unspecified atom stereocenters. The Kier molecular flexibility index (Phi) is 4.37. The van der Waals surface area contributed by atoms with Crippen molar-refractivity contribution in [2.45, 2.75) is 11.8 Å². The highest BCUT2D eigenvalue weighted by molar-refractivity contribution is 7.92. The first kappa shape index (κ1) is 15.6. The van der Waals surface area contributed by atoms with Gasteiger partial charge in [0, 0.05) is 0 Å². The first-order valence-corrected chi connectivity index (χ1v) is 7.93. The number of halogens is 2. The lowest BCUT2D eigenvalue weighted by atomic mass is 10.2. The van der Waals surface area contributed by atoms with Gasteiger partial charge < -0.3 is 0 Å². The summed E-state index contributed by atoms with van der Waals surface area (Å²) < 4.78 is 26.9. The van der Waals surface area contributed by atoms with Crippen molar-refractivity contribution in [1.82, 2.24) is 4.98 Å². The van der Waals surface area contributed by atoms with Gasteiger partial charge in [0.1, 0.15) is 5.15 Å². The Balaban J connectivity index is 2.40. The number of nitrogens with one attached hydrogen (secondary N) is 1. The molecule has 0 radical (unpaired) electrons. The smallest absolute Gasteiger partial charge is 0.262 e. The minimum atomic E-state index is -3.82. The topological polar surface area (TPSA) is 82.8 Å². The van der Waals surface area contributed by atoms with Gasteiger partial charge in [0.25, 0.3) is 10.0 Å². The molecule has 5 nitrogen and oxygen atoms in total. The van der Waals surface area contributed by atoms with Crippen LogP contribution >= 0.6 is 23.2 Å². The lowest BCUT2D eigenvalue weighted by Crippen LogP contribution is -2.14. The van der Waals surface area contributed by atoms with Crippen molar-refractivity contribution in [1.29, 1.82) is 5.26 Å². The average Bonchev–Trinajstić information content (AvgIpc) is 2.43. The van der Waals surface area contributed by atoms with Crippen LogP contribution in [0.4, 0.5) is 5.69 Å². The van der Waals surface area contributed by atoms with Gasteiger partial charge in [0.2, 0.25) is 0 Å². The molecule has 21 heavy (non-hydrogen) atoms. The first-order chi connectivity index (χ1) is 9.83. The van der Waals surface area contributed by atoms with E-state index < -0.39 is 10.0 Å². The van der Waals surface area contributed by atoms with E-state index in [2.05, 4.69) is 9.71 Å².